The number of nitrogens with one attached hydrogen (secondary N) is 1. The summed E-state index contributed by atoms with van der Waals surface area (Å²) in [6.07, 6.45) is 2.12. The van der Waals surface area contributed by atoms with Crippen LogP contribution in [0, 0.1) is 6.92 Å². The molecule has 4 nitrogen and oxygen atoms in total. The first kappa shape index (κ1) is 15.5. The molecule has 4 heteroatoms. The first-order valence-electron chi connectivity index (χ1n) is 6.76. The first-order chi connectivity index (χ1) is 9.00. The van der Waals surface area contributed by atoms with Crippen LogP contribution in [-0.4, -0.2) is 25.2 Å². The highest BCUT2D eigenvalue weighted by atomic mass is 16.5. The number of anilines is 1. The minimum Gasteiger partial charge on any atom is -0.398 e. The molecule has 1 amide bonds. The molecule has 0 heterocycles. The van der Waals surface area contributed by atoms with E-state index in [4.69, 9.17) is 10.5 Å². The molecule has 0 fully saturated rings. The minimum absolute atomic E-state index is 0.109. The fourth-order valence-electron chi connectivity index (χ4n) is 1.73. The quantitative estimate of drug-likeness (QED) is 0.587. The summed E-state index contributed by atoms with van der Waals surface area (Å²) in [6.45, 7) is 7.37. The topological polar surface area (TPSA) is 64.3 Å². The number of hydrogen-bond acceptors (Lipinski definition) is 3. The third-order valence-electron chi connectivity index (χ3n) is 2.76. The van der Waals surface area contributed by atoms with Crippen LogP contribution in [0.5, 0.6) is 0 Å². The van der Waals surface area contributed by atoms with E-state index in [0.717, 1.165) is 25.0 Å². The summed E-state index contributed by atoms with van der Waals surface area (Å²) in [5.41, 5.74) is 7.96. The highest BCUT2D eigenvalue weighted by Gasteiger charge is 2.08. The van der Waals surface area contributed by atoms with E-state index in [9.17, 15) is 4.79 Å². The summed E-state index contributed by atoms with van der Waals surface area (Å²) in [5, 5.41) is 2.87. The lowest BCUT2D eigenvalue weighted by atomic mass is 10.1. The number of carbonyl (C=O) groups excluding carboxylic acids is 1. The molecule has 0 aliphatic carbocycles. The van der Waals surface area contributed by atoms with Crippen molar-refractivity contribution in [3.8, 4) is 0 Å². The maximum absolute atomic E-state index is 11.9. The van der Waals surface area contributed by atoms with Crippen LogP contribution in [0.3, 0.4) is 0 Å². The maximum atomic E-state index is 11.9. The largest absolute Gasteiger partial charge is 0.398 e. The number of hydrogen-bond donors (Lipinski definition) is 2. The zero-order valence-electron chi connectivity index (χ0n) is 12.0. The molecule has 0 saturated heterocycles. The summed E-state index contributed by atoms with van der Waals surface area (Å²) in [6, 6.07) is 5.47. The van der Waals surface area contributed by atoms with Gasteiger partial charge in [0, 0.05) is 18.8 Å². The van der Waals surface area contributed by atoms with Crippen molar-refractivity contribution in [1.29, 1.82) is 0 Å². The highest BCUT2D eigenvalue weighted by molar-refractivity contribution is 5.99. The van der Waals surface area contributed by atoms with Gasteiger partial charge in [-0.15, -0.1) is 0 Å². The number of ether oxygens (including phenoxy) is 1. The molecule has 1 aromatic rings. The monoisotopic (exact) mass is 264 g/mol. The zero-order valence-corrected chi connectivity index (χ0v) is 12.0. The molecule has 0 radical (unpaired) electrons. The van der Waals surface area contributed by atoms with Gasteiger partial charge < -0.3 is 15.8 Å². The highest BCUT2D eigenvalue weighted by Crippen LogP contribution is 2.13. The standard InChI is InChI=1S/C15H24N2O2/c1-11(2)19-9-5-4-8-17-15(18)13-7-6-12(3)10-14(13)16/h6-7,10-11H,4-5,8-9,16H2,1-3H3,(H,17,18). The Morgan fingerprint density at radius 2 is 2.11 bits per heavy atom. The molecule has 0 aliphatic rings. The number of benzene rings is 1. The van der Waals surface area contributed by atoms with E-state index in [1.165, 1.54) is 0 Å². The SMILES string of the molecule is Cc1ccc(C(=O)NCCCCOC(C)C)c(N)c1. The van der Waals surface area contributed by atoms with Gasteiger partial charge in [-0.2, -0.15) is 0 Å². The van der Waals surface area contributed by atoms with Crippen LogP contribution in [0.15, 0.2) is 18.2 Å². The van der Waals surface area contributed by atoms with Crippen molar-refractivity contribution in [2.45, 2.75) is 39.7 Å². The van der Waals surface area contributed by atoms with Crippen molar-refractivity contribution in [3.63, 3.8) is 0 Å². The molecule has 0 saturated carbocycles. The Labute approximate surface area is 115 Å². The molecule has 19 heavy (non-hydrogen) atoms. The molecule has 1 rings (SSSR count). The number of unbranched alkanes of at least 4 members (excludes halogenated alkanes) is 1. The molecule has 3 N–H and O–H groups in total. The van der Waals surface area contributed by atoms with E-state index >= 15 is 0 Å². The molecular weight excluding hydrogens is 240 g/mol. The molecule has 1 aromatic carbocycles. The summed E-state index contributed by atoms with van der Waals surface area (Å²) >= 11 is 0. The lowest BCUT2D eigenvalue weighted by Crippen LogP contribution is -2.25. The van der Waals surface area contributed by atoms with Crippen LogP contribution in [-0.2, 0) is 4.74 Å². The van der Waals surface area contributed by atoms with E-state index in [2.05, 4.69) is 5.32 Å². The molecule has 106 valence electrons. The second-order valence-corrected chi connectivity index (χ2v) is 4.97. The maximum Gasteiger partial charge on any atom is 0.253 e. The Kier molecular flexibility index (Phi) is 6.36. The Balaban J connectivity index is 2.28. The van der Waals surface area contributed by atoms with Gasteiger partial charge in [-0.1, -0.05) is 6.07 Å². The average Bonchev–Trinajstić information content (AvgIpc) is 2.32. The number of carbonyl (C=O) groups is 1. The summed E-state index contributed by atoms with van der Waals surface area (Å²) in [4.78, 5) is 11.9. The molecule has 0 aromatic heterocycles. The Bertz CT molecular complexity index is 417. The van der Waals surface area contributed by atoms with E-state index in [0.29, 0.717) is 17.8 Å². The van der Waals surface area contributed by atoms with Crippen LogP contribution in [0.2, 0.25) is 0 Å². The third kappa shape index (κ3) is 5.75. The number of amides is 1. The van der Waals surface area contributed by atoms with Gasteiger partial charge in [-0.25, -0.2) is 0 Å². The van der Waals surface area contributed by atoms with Crippen LogP contribution in [0.4, 0.5) is 5.69 Å². The molecule has 0 aliphatic heterocycles. The smallest absolute Gasteiger partial charge is 0.253 e. The second-order valence-electron chi connectivity index (χ2n) is 4.97. The Morgan fingerprint density at radius 3 is 2.74 bits per heavy atom. The van der Waals surface area contributed by atoms with Gasteiger partial charge in [0.05, 0.1) is 11.7 Å². The van der Waals surface area contributed by atoms with Crippen molar-refractivity contribution < 1.29 is 9.53 Å². The number of nitrogen functional groups attached to an aromatic ring is 1. The van der Waals surface area contributed by atoms with Gasteiger partial charge in [0.25, 0.3) is 5.91 Å². The van der Waals surface area contributed by atoms with E-state index in [1.807, 2.05) is 32.9 Å². The van der Waals surface area contributed by atoms with Gasteiger partial charge in [0.2, 0.25) is 0 Å². The van der Waals surface area contributed by atoms with Crippen molar-refractivity contribution in [2.24, 2.45) is 0 Å². The summed E-state index contributed by atoms with van der Waals surface area (Å²) in [7, 11) is 0. The van der Waals surface area contributed by atoms with E-state index in [-0.39, 0.29) is 12.0 Å². The van der Waals surface area contributed by atoms with Crippen LogP contribution >= 0.6 is 0 Å². The lowest BCUT2D eigenvalue weighted by Gasteiger charge is -2.09. The zero-order chi connectivity index (χ0) is 14.3. The molecule has 0 bridgehead atoms. The molecular formula is C15H24N2O2. The van der Waals surface area contributed by atoms with Gasteiger partial charge >= 0.3 is 0 Å². The summed E-state index contributed by atoms with van der Waals surface area (Å²) < 4.78 is 5.43. The molecule has 0 unspecified atom stereocenters. The van der Waals surface area contributed by atoms with Gasteiger partial charge in [-0.3, -0.25) is 4.79 Å². The van der Waals surface area contributed by atoms with Crippen molar-refractivity contribution >= 4 is 11.6 Å². The predicted octanol–water partition coefficient (Wildman–Crippen LogP) is 2.51. The van der Waals surface area contributed by atoms with Crippen molar-refractivity contribution in [3.05, 3.63) is 29.3 Å². The van der Waals surface area contributed by atoms with E-state index < -0.39 is 0 Å². The van der Waals surface area contributed by atoms with Crippen LogP contribution in [0.25, 0.3) is 0 Å². The first-order valence-corrected chi connectivity index (χ1v) is 6.76. The minimum atomic E-state index is -0.109. The van der Waals surface area contributed by atoms with Crippen LogP contribution in [0.1, 0.15) is 42.6 Å². The Morgan fingerprint density at radius 1 is 1.37 bits per heavy atom. The predicted molar refractivity (Wildman–Crippen MR) is 78.2 cm³/mol. The van der Waals surface area contributed by atoms with Crippen LogP contribution < -0.4 is 11.1 Å². The molecule has 0 atom stereocenters. The van der Waals surface area contributed by atoms with E-state index in [1.54, 1.807) is 6.07 Å². The number of aryl methyl sites for hydroxylation is 1. The van der Waals surface area contributed by atoms with Gasteiger partial charge in [0.15, 0.2) is 0 Å². The fraction of sp³-hybridized carbons (Fsp3) is 0.533. The third-order valence-corrected chi connectivity index (χ3v) is 2.76. The number of rotatable bonds is 7. The van der Waals surface area contributed by atoms with Gasteiger partial charge in [-0.05, 0) is 51.3 Å². The second kappa shape index (κ2) is 7.79. The number of nitrogens with two attached hydrogens (primary N) is 1. The van der Waals surface area contributed by atoms with Crippen molar-refractivity contribution in [2.75, 3.05) is 18.9 Å². The normalized spacial score (nSPS) is 10.7. The Hall–Kier alpha value is -1.55. The molecule has 0 spiro atoms. The fourth-order valence-corrected chi connectivity index (χ4v) is 1.73. The van der Waals surface area contributed by atoms with Gasteiger partial charge in [0.1, 0.15) is 0 Å². The average molecular weight is 264 g/mol. The van der Waals surface area contributed by atoms with Crippen molar-refractivity contribution in [1.82, 2.24) is 5.32 Å². The lowest BCUT2D eigenvalue weighted by molar-refractivity contribution is 0.0754. The summed E-state index contributed by atoms with van der Waals surface area (Å²) in [5.74, 6) is -0.109.